The van der Waals surface area contributed by atoms with Crippen molar-refractivity contribution in [2.75, 3.05) is 18.0 Å². The van der Waals surface area contributed by atoms with Crippen molar-refractivity contribution in [3.63, 3.8) is 0 Å². The van der Waals surface area contributed by atoms with E-state index in [0.29, 0.717) is 38.3 Å². The Bertz CT molecular complexity index is 1020. The zero-order valence-electron chi connectivity index (χ0n) is 16.8. The van der Waals surface area contributed by atoms with E-state index in [9.17, 15) is 18.0 Å². The second-order valence-corrected chi connectivity index (χ2v) is 8.46. The number of nitrogens with zero attached hydrogens (tertiary/aromatic N) is 4. The number of halogens is 3. The van der Waals surface area contributed by atoms with E-state index in [4.69, 9.17) is 4.98 Å². The van der Waals surface area contributed by atoms with E-state index in [0.717, 1.165) is 31.0 Å². The number of alkyl halides is 3. The van der Waals surface area contributed by atoms with Gasteiger partial charge in [-0.05, 0) is 61.4 Å². The summed E-state index contributed by atoms with van der Waals surface area (Å²) in [5.74, 6) is -0.144. The SMILES string of the molecule is Cc1c2c(nc3c1CN(C(=O)[C@@H]1CCN(c4ccnc(C(F)(F)F)c4)C1)C3)CCC2. The van der Waals surface area contributed by atoms with Gasteiger partial charge in [0.25, 0.3) is 0 Å². The number of hydrogen-bond acceptors (Lipinski definition) is 4. The monoisotopic (exact) mass is 416 g/mol. The first kappa shape index (κ1) is 19.3. The lowest BCUT2D eigenvalue weighted by Crippen LogP contribution is -2.34. The van der Waals surface area contributed by atoms with Crippen molar-refractivity contribution >= 4 is 11.6 Å². The number of hydrogen-bond donors (Lipinski definition) is 0. The van der Waals surface area contributed by atoms with Gasteiger partial charge in [-0.3, -0.25) is 14.8 Å². The molecule has 30 heavy (non-hydrogen) atoms. The van der Waals surface area contributed by atoms with E-state index in [2.05, 4.69) is 11.9 Å². The smallest absolute Gasteiger partial charge is 0.371 e. The molecule has 0 bridgehead atoms. The Morgan fingerprint density at radius 3 is 2.80 bits per heavy atom. The second-order valence-electron chi connectivity index (χ2n) is 8.46. The Hall–Kier alpha value is -2.64. The van der Waals surface area contributed by atoms with Gasteiger partial charge in [0, 0.05) is 37.2 Å². The number of amides is 1. The Kier molecular flexibility index (Phi) is 4.48. The Morgan fingerprint density at radius 2 is 2.00 bits per heavy atom. The summed E-state index contributed by atoms with van der Waals surface area (Å²) in [7, 11) is 0. The molecule has 0 aromatic carbocycles. The van der Waals surface area contributed by atoms with Crippen LogP contribution < -0.4 is 4.90 Å². The van der Waals surface area contributed by atoms with Crippen molar-refractivity contribution < 1.29 is 18.0 Å². The largest absolute Gasteiger partial charge is 0.433 e. The maximum atomic E-state index is 13.2. The van der Waals surface area contributed by atoms with Crippen molar-refractivity contribution in [1.82, 2.24) is 14.9 Å². The second kappa shape index (κ2) is 6.96. The molecule has 0 unspecified atom stereocenters. The van der Waals surface area contributed by atoms with Gasteiger partial charge >= 0.3 is 6.18 Å². The van der Waals surface area contributed by atoms with Gasteiger partial charge in [0.05, 0.1) is 18.2 Å². The molecule has 1 saturated heterocycles. The zero-order chi connectivity index (χ0) is 21.0. The summed E-state index contributed by atoms with van der Waals surface area (Å²) in [6, 6.07) is 2.63. The van der Waals surface area contributed by atoms with Crippen LogP contribution in [0.4, 0.5) is 18.9 Å². The normalized spacial score (nSPS) is 20.6. The maximum Gasteiger partial charge on any atom is 0.433 e. The quantitative estimate of drug-likeness (QED) is 0.750. The van der Waals surface area contributed by atoms with E-state index in [1.165, 1.54) is 28.6 Å². The molecule has 1 amide bonds. The molecule has 2 aromatic heterocycles. The summed E-state index contributed by atoms with van der Waals surface area (Å²) in [5, 5.41) is 0. The lowest BCUT2D eigenvalue weighted by atomic mass is 10.0. The molecule has 4 heterocycles. The van der Waals surface area contributed by atoms with E-state index in [1.54, 1.807) is 6.07 Å². The molecule has 3 aliphatic rings. The molecule has 8 heteroatoms. The minimum Gasteiger partial charge on any atom is -0.371 e. The zero-order valence-corrected chi connectivity index (χ0v) is 16.8. The summed E-state index contributed by atoms with van der Waals surface area (Å²) >= 11 is 0. The highest BCUT2D eigenvalue weighted by Crippen LogP contribution is 2.35. The highest BCUT2D eigenvalue weighted by Gasteiger charge is 2.37. The summed E-state index contributed by atoms with van der Waals surface area (Å²) < 4.78 is 38.9. The fourth-order valence-corrected chi connectivity index (χ4v) is 5.03. The van der Waals surface area contributed by atoms with Crippen LogP contribution in [0.2, 0.25) is 0 Å². The first-order valence-electron chi connectivity index (χ1n) is 10.4. The van der Waals surface area contributed by atoms with Crippen molar-refractivity contribution in [3.05, 3.63) is 52.1 Å². The molecular formula is C22H23F3N4O. The fourth-order valence-electron chi connectivity index (χ4n) is 5.03. The average Bonchev–Trinajstić information content (AvgIpc) is 3.46. The standard InChI is InChI=1S/C22H23F3N4O/c1-13-16-3-2-4-18(16)27-19-12-29(11-17(13)19)21(30)14-6-8-28(10-14)15-5-7-26-20(9-15)22(23,24)25/h5,7,9,14H,2-4,6,8,10-12H2,1H3/t14-/m1/s1. The van der Waals surface area contributed by atoms with Crippen LogP contribution in [0.3, 0.4) is 0 Å². The lowest BCUT2D eigenvalue weighted by molar-refractivity contribution is -0.141. The number of carbonyl (C=O) groups is 1. The Balaban J connectivity index is 1.29. The molecule has 5 rings (SSSR count). The molecule has 1 fully saturated rings. The average molecular weight is 416 g/mol. The third kappa shape index (κ3) is 3.22. The van der Waals surface area contributed by atoms with Gasteiger partial charge in [0.1, 0.15) is 5.69 Å². The summed E-state index contributed by atoms with van der Waals surface area (Å²) in [6.45, 7) is 4.24. The molecule has 0 saturated carbocycles. The van der Waals surface area contributed by atoms with Crippen LogP contribution in [-0.2, 0) is 36.9 Å². The first-order valence-corrected chi connectivity index (χ1v) is 10.4. The van der Waals surface area contributed by atoms with Crippen LogP contribution in [0, 0.1) is 12.8 Å². The van der Waals surface area contributed by atoms with Crippen LogP contribution in [0.1, 0.15) is 46.6 Å². The molecule has 0 spiro atoms. The van der Waals surface area contributed by atoms with Crippen LogP contribution in [0.25, 0.3) is 0 Å². The van der Waals surface area contributed by atoms with E-state index in [1.807, 2.05) is 9.80 Å². The number of rotatable bonds is 2. The Morgan fingerprint density at radius 1 is 1.17 bits per heavy atom. The minimum absolute atomic E-state index is 0.0696. The number of pyridine rings is 2. The van der Waals surface area contributed by atoms with Gasteiger partial charge in [-0.1, -0.05) is 0 Å². The maximum absolute atomic E-state index is 13.2. The fraction of sp³-hybridized carbons (Fsp3) is 0.500. The number of carbonyl (C=O) groups excluding carboxylic acids is 1. The van der Waals surface area contributed by atoms with E-state index < -0.39 is 11.9 Å². The van der Waals surface area contributed by atoms with Crippen molar-refractivity contribution in [2.24, 2.45) is 5.92 Å². The van der Waals surface area contributed by atoms with Crippen molar-refractivity contribution in [3.8, 4) is 0 Å². The van der Waals surface area contributed by atoms with Crippen LogP contribution in [-0.4, -0.2) is 33.9 Å². The number of aryl methyl sites for hydroxylation is 1. The Labute approximate surface area is 172 Å². The molecule has 5 nitrogen and oxygen atoms in total. The third-order valence-electron chi connectivity index (χ3n) is 6.65. The van der Waals surface area contributed by atoms with Crippen LogP contribution in [0.5, 0.6) is 0 Å². The van der Waals surface area contributed by atoms with Gasteiger partial charge in [-0.25, -0.2) is 0 Å². The highest BCUT2D eigenvalue weighted by atomic mass is 19.4. The van der Waals surface area contributed by atoms with Crippen molar-refractivity contribution in [1.29, 1.82) is 0 Å². The molecule has 1 aliphatic carbocycles. The minimum atomic E-state index is -4.47. The van der Waals surface area contributed by atoms with Gasteiger partial charge in [0.15, 0.2) is 0 Å². The summed E-state index contributed by atoms with van der Waals surface area (Å²) in [5.41, 5.74) is 5.58. The highest BCUT2D eigenvalue weighted by molar-refractivity contribution is 5.81. The number of aromatic nitrogens is 2. The lowest BCUT2D eigenvalue weighted by Gasteiger charge is -2.22. The van der Waals surface area contributed by atoms with Crippen LogP contribution in [0.15, 0.2) is 18.3 Å². The third-order valence-corrected chi connectivity index (χ3v) is 6.65. The molecule has 0 N–H and O–H groups in total. The van der Waals surface area contributed by atoms with Crippen molar-refractivity contribution in [2.45, 2.75) is 51.9 Å². The first-order chi connectivity index (χ1) is 14.3. The molecule has 158 valence electrons. The predicted octanol–water partition coefficient (Wildman–Crippen LogP) is 3.66. The van der Waals surface area contributed by atoms with Crippen LogP contribution >= 0.6 is 0 Å². The topological polar surface area (TPSA) is 49.3 Å². The summed E-state index contributed by atoms with van der Waals surface area (Å²) in [4.78, 5) is 25.1. The summed E-state index contributed by atoms with van der Waals surface area (Å²) in [6.07, 6.45) is 0.574. The predicted molar refractivity (Wildman–Crippen MR) is 105 cm³/mol. The van der Waals surface area contributed by atoms with Gasteiger partial charge in [-0.15, -0.1) is 0 Å². The van der Waals surface area contributed by atoms with Gasteiger partial charge < -0.3 is 9.80 Å². The van der Waals surface area contributed by atoms with E-state index in [-0.39, 0.29) is 11.8 Å². The number of fused-ring (bicyclic) bond motifs is 2. The number of anilines is 1. The van der Waals surface area contributed by atoms with Gasteiger partial charge in [0.2, 0.25) is 5.91 Å². The molecule has 2 aromatic rings. The van der Waals surface area contributed by atoms with E-state index >= 15 is 0 Å². The van der Waals surface area contributed by atoms with Gasteiger partial charge in [-0.2, -0.15) is 13.2 Å². The molecular weight excluding hydrogens is 393 g/mol. The molecule has 0 radical (unpaired) electrons. The molecule has 1 atom stereocenters. The molecule has 2 aliphatic heterocycles.